The third-order valence-electron chi connectivity index (χ3n) is 2.39. The van der Waals surface area contributed by atoms with E-state index in [9.17, 15) is 14.0 Å². The molecule has 0 saturated carbocycles. The summed E-state index contributed by atoms with van der Waals surface area (Å²) >= 11 is 1.08. The van der Waals surface area contributed by atoms with Crippen LogP contribution in [0.15, 0.2) is 40.4 Å². The van der Waals surface area contributed by atoms with Crippen LogP contribution in [-0.2, 0) is 4.74 Å². The molecule has 8 heteroatoms. The third kappa shape index (κ3) is 3.54. The van der Waals surface area contributed by atoms with Crippen molar-refractivity contribution >= 4 is 23.7 Å². The van der Waals surface area contributed by atoms with Crippen LogP contribution in [-0.4, -0.2) is 34.1 Å². The Morgan fingerprint density at radius 3 is 2.76 bits per heavy atom. The van der Waals surface area contributed by atoms with Crippen LogP contribution in [0, 0.1) is 5.82 Å². The van der Waals surface area contributed by atoms with Crippen LogP contribution in [0.3, 0.4) is 0 Å². The molecule has 0 aliphatic carbocycles. The Labute approximate surface area is 123 Å². The molecule has 0 unspecified atom stereocenters. The first kappa shape index (κ1) is 14.9. The highest BCUT2D eigenvalue weighted by Crippen LogP contribution is 2.27. The maximum Gasteiger partial charge on any atom is 0.376 e. The number of hydrogen-bond acceptors (Lipinski definition) is 6. The SMILES string of the molecule is COC(=O)c1nccc(Sc2ccc(F)c(C(=O)O)c2)n1. The molecule has 0 bridgehead atoms. The third-order valence-corrected chi connectivity index (χ3v) is 3.31. The van der Waals surface area contributed by atoms with Crippen LogP contribution in [0.1, 0.15) is 21.0 Å². The lowest BCUT2D eigenvalue weighted by molar-refractivity contribution is 0.0585. The van der Waals surface area contributed by atoms with Gasteiger partial charge in [0, 0.05) is 11.1 Å². The molecule has 0 fully saturated rings. The van der Waals surface area contributed by atoms with E-state index in [0.717, 1.165) is 17.8 Å². The van der Waals surface area contributed by atoms with E-state index in [1.807, 2.05) is 0 Å². The molecule has 2 rings (SSSR count). The highest BCUT2D eigenvalue weighted by molar-refractivity contribution is 7.99. The summed E-state index contributed by atoms with van der Waals surface area (Å²) in [5.41, 5.74) is -0.428. The Balaban J connectivity index is 2.28. The summed E-state index contributed by atoms with van der Waals surface area (Å²) in [6.07, 6.45) is 1.38. The lowest BCUT2D eigenvalue weighted by Gasteiger charge is -2.04. The van der Waals surface area contributed by atoms with Gasteiger partial charge in [0.2, 0.25) is 5.82 Å². The zero-order valence-electron chi connectivity index (χ0n) is 10.7. The predicted octanol–water partition coefficient (Wildman–Crippen LogP) is 2.25. The molecule has 0 saturated heterocycles. The standard InChI is InChI=1S/C13H9FN2O4S/c1-20-13(19)11-15-5-4-10(16-11)21-7-2-3-9(14)8(6-7)12(17)18/h2-6H,1H3,(H,17,18). The second-order valence-electron chi connectivity index (χ2n) is 3.76. The summed E-state index contributed by atoms with van der Waals surface area (Å²) < 4.78 is 17.8. The number of halogens is 1. The van der Waals surface area contributed by atoms with Crippen LogP contribution in [0.4, 0.5) is 4.39 Å². The van der Waals surface area contributed by atoms with E-state index in [2.05, 4.69) is 14.7 Å². The van der Waals surface area contributed by atoms with Crippen LogP contribution in [0.5, 0.6) is 0 Å². The number of methoxy groups -OCH3 is 1. The number of aromatic nitrogens is 2. The second-order valence-corrected chi connectivity index (χ2v) is 4.85. The number of nitrogens with zero attached hydrogens (tertiary/aromatic N) is 2. The molecule has 21 heavy (non-hydrogen) atoms. The first-order valence-corrected chi connectivity index (χ1v) is 6.45. The van der Waals surface area contributed by atoms with Gasteiger partial charge in [0.25, 0.3) is 0 Å². The number of carboxylic acids is 1. The topological polar surface area (TPSA) is 89.4 Å². The zero-order valence-corrected chi connectivity index (χ0v) is 11.6. The molecule has 0 spiro atoms. The van der Waals surface area contributed by atoms with Gasteiger partial charge < -0.3 is 9.84 Å². The molecular weight excluding hydrogens is 299 g/mol. The summed E-state index contributed by atoms with van der Waals surface area (Å²) in [7, 11) is 1.21. The predicted molar refractivity (Wildman–Crippen MR) is 70.9 cm³/mol. The van der Waals surface area contributed by atoms with Crippen LogP contribution in [0.25, 0.3) is 0 Å². The number of carbonyl (C=O) groups is 2. The normalized spacial score (nSPS) is 10.2. The van der Waals surface area contributed by atoms with E-state index < -0.39 is 23.3 Å². The molecule has 0 radical (unpaired) electrons. The maximum atomic E-state index is 13.3. The number of rotatable bonds is 4. The lowest BCUT2D eigenvalue weighted by Crippen LogP contribution is -2.07. The van der Waals surface area contributed by atoms with Crippen molar-refractivity contribution in [2.45, 2.75) is 9.92 Å². The van der Waals surface area contributed by atoms with E-state index in [-0.39, 0.29) is 5.82 Å². The Bertz CT molecular complexity index is 708. The highest BCUT2D eigenvalue weighted by atomic mass is 32.2. The fourth-order valence-corrected chi connectivity index (χ4v) is 2.26. The first-order valence-electron chi connectivity index (χ1n) is 5.63. The van der Waals surface area contributed by atoms with Crippen molar-refractivity contribution in [3.05, 3.63) is 47.7 Å². The number of esters is 1. The molecule has 0 aliphatic heterocycles. The van der Waals surface area contributed by atoms with Gasteiger partial charge >= 0.3 is 11.9 Å². The molecule has 108 valence electrons. The highest BCUT2D eigenvalue weighted by Gasteiger charge is 2.13. The monoisotopic (exact) mass is 308 g/mol. The lowest BCUT2D eigenvalue weighted by atomic mass is 10.2. The molecule has 1 aromatic heterocycles. The average molecular weight is 308 g/mol. The van der Waals surface area contributed by atoms with Crippen LogP contribution >= 0.6 is 11.8 Å². The number of hydrogen-bond donors (Lipinski definition) is 1. The Morgan fingerprint density at radius 1 is 1.33 bits per heavy atom. The Kier molecular flexibility index (Phi) is 4.49. The van der Waals surface area contributed by atoms with Gasteiger partial charge in [-0.1, -0.05) is 11.8 Å². The molecule has 2 aromatic rings. The van der Waals surface area contributed by atoms with E-state index in [1.54, 1.807) is 6.07 Å². The molecule has 1 heterocycles. The zero-order chi connectivity index (χ0) is 15.4. The summed E-state index contributed by atoms with van der Waals surface area (Å²) in [4.78, 5) is 30.4. The van der Waals surface area contributed by atoms with Crippen molar-refractivity contribution in [3.8, 4) is 0 Å². The number of ether oxygens (including phenoxy) is 1. The quantitative estimate of drug-likeness (QED) is 0.684. The Morgan fingerprint density at radius 2 is 2.10 bits per heavy atom. The van der Waals surface area contributed by atoms with Crippen molar-refractivity contribution in [1.29, 1.82) is 0 Å². The first-order chi connectivity index (χ1) is 10.0. The largest absolute Gasteiger partial charge is 0.478 e. The van der Waals surface area contributed by atoms with Crippen molar-refractivity contribution < 1.29 is 23.8 Å². The van der Waals surface area contributed by atoms with E-state index in [4.69, 9.17) is 5.11 Å². The summed E-state index contributed by atoms with van der Waals surface area (Å²) in [5.74, 6) is -2.96. The van der Waals surface area contributed by atoms with Gasteiger partial charge in [-0.15, -0.1) is 0 Å². The number of carbonyl (C=O) groups excluding carboxylic acids is 1. The van der Waals surface area contributed by atoms with Gasteiger partial charge in [0.05, 0.1) is 12.7 Å². The van der Waals surface area contributed by atoms with E-state index in [0.29, 0.717) is 9.92 Å². The summed E-state index contributed by atoms with van der Waals surface area (Å²) in [6.45, 7) is 0. The van der Waals surface area contributed by atoms with E-state index in [1.165, 1.54) is 25.4 Å². The molecular formula is C13H9FN2O4S. The summed E-state index contributed by atoms with van der Waals surface area (Å²) in [6, 6.07) is 5.23. The Hall–Kier alpha value is -2.48. The minimum atomic E-state index is -1.35. The minimum absolute atomic E-state index is 0.108. The molecule has 0 aliphatic rings. The second kappa shape index (κ2) is 6.31. The molecule has 6 nitrogen and oxygen atoms in total. The van der Waals surface area contributed by atoms with Gasteiger partial charge in [0.15, 0.2) is 0 Å². The van der Waals surface area contributed by atoms with Crippen molar-refractivity contribution in [1.82, 2.24) is 9.97 Å². The fraction of sp³-hybridized carbons (Fsp3) is 0.0769. The fourth-order valence-electron chi connectivity index (χ4n) is 1.44. The van der Waals surface area contributed by atoms with E-state index >= 15 is 0 Å². The van der Waals surface area contributed by atoms with Gasteiger partial charge in [-0.05, 0) is 24.3 Å². The van der Waals surface area contributed by atoms with Crippen molar-refractivity contribution in [3.63, 3.8) is 0 Å². The van der Waals surface area contributed by atoms with Crippen LogP contribution < -0.4 is 0 Å². The van der Waals surface area contributed by atoms with Gasteiger partial charge in [-0.2, -0.15) is 0 Å². The maximum absolute atomic E-state index is 13.3. The minimum Gasteiger partial charge on any atom is -0.478 e. The van der Waals surface area contributed by atoms with Crippen molar-refractivity contribution in [2.24, 2.45) is 0 Å². The average Bonchev–Trinajstić information content (AvgIpc) is 2.48. The molecule has 0 amide bonds. The molecule has 0 atom stereocenters. The molecule has 1 aromatic carbocycles. The van der Waals surface area contributed by atoms with Gasteiger partial charge in [-0.25, -0.2) is 23.9 Å². The van der Waals surface area contributed by atoms with Gasteiger partial charge in [0.1, 0.15) is 10.8 Å². The van der Waals surface area contributed by atoms with Crippen molar-refractivity contribution in [2.75, 3.05) is 7.11 Å². The van der Waals surface area contributed by atoms with Crippen LogP contribution in [0.2, 0.25) is 0 Å². The number of carboxylic acid groups (broad SMARTS) is 1. The number of benzene rings is 1. The number of aromatic carboxylic acids is 1. The van der Waals surface area contributed by atoms with Gasteiger partial charge in [-0.3, -0.25) is 0 Å². The smallest absolute Gasteiger partial charge is 0.376 e. The molecule has 1 N–H and O–H groups in total. The summed E-state index contributed by atoms with van der Waals surface area (Å²) in [5, 5.41) is 9.28.